The average Bonchev–Trinajstić information content (AvgIpc) is 2.94. The van der Waals surface area contributed by atoms with E-state index in [1.54, 1.807) is 6.07 Å². The number of hydrogen-bond acceptors (Lipinski definition) is 3. The number of aromatic amines is 1. The molecule has 118 valence electrons. The fraction of sp³-hybridized carbons (Fsp3) is 0.222. The van der Waals surface area contributed by atoms with E-state index in [-0.39, 0.29) is 6.42 Å². The Morgan fingerprint density at radius 2 is 2.09 bits per heavy atom. The Morgan fingerprint density at radius 3 is 2.87 bits per heavy atom. The van der Waals surface area contributed by atoms with Crippen LogP contribution in [-0.4, -0.2) is 21.0 Å². The van der Waals surface area contributed by atoms with E-state index >= 15 is 0 Å². The fourth-order valence-corrected chi connectivity index (χ4v) is 2.47. The summed E-state index contributed by atoms with van der Waals surface area (Å²) in [6.45, 7) is 2.45. The summed E-state index contributed by atoms with van der Waals surface area (Å²) in [5.74, 6) is 0.689. The van der Waals surface area contributed by atoms with E-state index in [9.17, 15) is 4.79 Å². The first-order valence-corrected chi connectivity index (χ1v) is 7.55. The highest BCUT2D eigenvalue weighted by Crippen LogP contribution is 2.17. The molecule has 0 unspecified atom stereocenters. The first-order chi connectivity index (χ1) is 11.1. The van der Waals surface area contributed by atoms with Crippen LogP contribution >= 0.6 is 0 Å². The summed E-state index contributed by atoms with van der Waals surface area (Å²) < 4.78 is 5.77. The van der Waals surface area contributed by atoms with E-state index in [1.165, 1.54) is 5.56 Å². The van der Waals surface area contributed by atoms with Crippen LogP contribution < -0.4 is 4.74 Å². The molecule has 2 N–H and O–H groups in total. The smallest absolute Gasteiger partial charge is 0.307 e. The van der Waals surface area contributed by atoms with Crippen molar-refractivity contribution in [3.05, 3.63) is 59.4 Å². The van der Waals surface area contributed by atoms with Gasteiger partial charge in [-0.25, -0.2) is 4.98 Å². The van der Waals surface area contributed by atoms with Gasteiger partial charge >= 0.3 is 5.97 Å². The fourth-order valence-electron chi connectivity index (χ4n) is 2.47. The lowest BCUT2D eigenvalue weighted by Crippen LogP contribution is -1.99. The maximum Gasteiger partial charge on any atom is 0.307 e. The summed E-state index contributed by atoms with van der Waals surface area (Å²) in [6, 6.07) is 13.4. The Hall–Kier alpha value is -2.82. The lowest BCUT2D eigenvalue weighted by Gasteiger charge is -2.05. The molecule has 1 aromatic heterocycles. The van der Waals surface area contributed by atoms with Crippen molar-refractivity contribution in [2.24, 2.45) is 0 Å². The van der Waals surface area contributed by atoms with Gasteiger partial charge in [-0.2, -0.15) is 0 Å². The molecule has 23 heavy (non-hydrogen) atoms. The highest BCUT2D eigenvalue weighted by molar-refractivity contribution is 5.78. The summed E-state index contributed by atoms with van der Waals surface area (Å²) >= 11 is 0. The van der Waals surface area contributed by atoms with E-state index in [4.69, 9.17) is 9.84 Å². The van der Waals surface area contributed by atoms with Gasteiger partial charge in [0, 0.05) is 0 Å². The lowest BCUT2D eigenvalue weighted by atomic mass is 10.1. The molecule has 3 aromatic rings. The molecule has 0 atom stereocenters. The van der Waals surface area contributed by atoms with Crippen LogP contribution in [-0.2, 0) is 24.2 Å². The average molecular weight is 310 g/mol. The summed E-state index contributed by atoms with van der Waals surface area (Å²) in [7, 11) is 0. The first-order valence-electron chi connectivity index (χ1n) is 7.55. The van der Waals surface area contributed by atoms with Gasteiger partial charge in [0.15, 0.2) is 0 Å². The summed E-state index contributed by atoms with van der Waals surface area (Å²) in [5, 5.41) is 8.85. The number of nitrogens with one attached hydrogen (secondary N) is 1. The Morgan fingerprint density at radius 1 is 1.22 bits per heavy atom. The number of carboxylic acids is 1. The zero-order chi connectivity index (χ0) is 16.2. The molecule has 0 bridgehead atoms. The second kappa shape index (κ2) is 6.52. The van der Waals surface area contributed by atoms with Crippen LogP contribution in [0.3, 0.4) is 0 Å². The molecular formula is C18H18N2O3. The van der Waals surface area contributed by atoms with Crippen LogP contribution in [0.5, 0.6) is 5.75 Å². The molecule has 0 saturated carbocycles. The number of nitrogens with zero attached hydrogens (tertiary/aromatic N) is 1. The number of aryl methyl sites for hydroxylation is 1. The molecule has 2 aromatic carbocycles. The molecule has 0 spiro atoms. The topological polar surface area (TPSA) is 75.2 Å². The predicted octanol–water partition coefficient (Wildman–Crippen LogP) is 3.33. The lowest BCUT2D eigenvalue weighted by molar-refractivity contribution is -0.136. The van der Waals surface area contributed by atoms with Gasteiger partial charge < -0.3 is 14.8 Å². The zero-order valence-corrected chi connectivity index (χ0v) is 12.9. The van der Waals surface area contributed by atoms with Gasteiger partial charge in [0.1, 0.15) is 18.2 Å². The van der Waals surface area contributed by atoms with Crippen LogP contribution in [0.4, 0.5) is 0 Å². The van der Waals surface area contributed by atoms with Gasteiger partial charge in [-0.1, -0.05) is 25.1 Å². The second-order valence-electron chi connectivity index (χ2n) is 5.40. The quantitative estimate of drug-likeness (QED) is 0.732. The summed E-state index contributed by atoms with van der Waals surface area (Å²) in [6.07, 6.45) is 0.971. The molecule has 0 aliphatic carbocycles. The number of imidazole rings is 1. The molecule has 0 amide bonds. The minimum absolute atomic E-state index is 0.00457. The molecule has 0 aliphatic heterocycles. The number of ether oxygens (including phenoxy) is 1. The number of carbonyl (C=O) groups is 1. The highest BCUT2D eigenvalue weighted by Gasteiger charge is 2.07. The van der Waals surface area contributed by atoms with E-state index in [1.807, 2.05) is 30.3 Å². The van der Waals surface area contributed by atoms with Crippen molar-refractivity contribution in [1.29, 1.82) is 0 Å². The maximum absolute atomic E-state index is 10.8. The molecule has 5 nitrogen and oxygen atoms in total. The highest BCUT2D eigenvalue weighted by atomic mass is 16.5. The zero-order valence-electron chi connectivity index (χ0n) is 12.9. The Balaban J connectivity index is 1.74. The standard InChI is InChI=1S/C18H18N2O3/c1-2-12-4-3-5-14(8-12)23-11-17-19-15-7-6-13(10-18(21)22)9-16(15)20-17/h3-9H,2,10-11H2,1H3,(H,19,20)(H,21,22). The largest absolute Gasteiger partial charge is 0.486 e. The Labute approximate surface area is 133 Å². The van der Waals surface area contributed by atoms with Crippen molar-refractivity contribution >= 4 is 17.0 Å². The molecule has 0 saturated heterocycles. The number of H-pyrrole nitrogens is 1. The van der Waals surface area contributed by atoms with E-state index in [0.717, 1.165) is 34.6 Å². The predicted molar refractivity (Wildman–Crippen MR) is 87.6 cm³/mol. The van der Waals surface area contributed by atoms with Crippen molar-refractivity contribution in [3.8, 4) is 5.75 Å². The van der Waals surface area contributed by atoms with Gasteiger partial charge in [-0.3, -0.25) is 4.79 Å². The van der Waals surface area contributed by atoms with Crippen molar-refractivity contribution in [1.82, 2.24) is 9.97 Å². The molecule has 0 fully saturated rings. The van der Waals surface area contributed by atoms with Crippen LogP contribution in [0.15, 0.2) is 42.5 Å². The molecule has 0 aliphatic rings. The molecule has 5 heteroatoms. The van der Waals surface area contributed by atoms with Gasteiger partial charge in [-0.15, -0.1) is 0 Å². The number of aliphatic carboxylic acids is 1. The molecule has 3 rings (SSSR count). The minimum Gasteiger partial charge on any atom is -0.486 e. The maximum atomic E-state index is 10.8. The van der Waals surface area contributed by atoms with Gasteiger partial charge in [0.25, 0.3) is 0 Å². The number of benzene rings is 2. The van der Waals surface area contributed by atoms with E-state index in [2.05, 4.69) is 23.0 Å². The van der Waals surface area contributed by atoms with Crippen molar-refractivity contribution in [2.75, 3.05) is 0 Å². The third kappa shape index (κ3) is 3.69. The summed E-state index contributed by atoms with van der Waals surface area (Å²) in [4.78, 5) is 18.4. The van der Waals surface area contributed by atoms with E-state index < -0.39 is 5.97 Å². The molecule has 1 heterocycles. The number of carboxylic acid groups (broad SMARTS) is 1. The van der Waals surface area contributed by atoms with Gasteiger partial charge in [-0.05, 0) is 41.8 Å². The second-order valence-corrected chi connectivity index (χ2v) is 5.40. The van der Waals surface area contributed by atoms with Crippen molar-refractivity contribution < 1.29 is 14.6 Å². The minimum atomic E-state index is -0.844. The number of aromatic nitrogens is 2. The number of rotatable bonds is 6. The van der Waals surface area contributed by atoms with Gasteiger partial charge in [0.2, 0.25) is 0 Å². The van der Waals surface area contributed by atoms with Crippen LogP contribution in [0.1, 0.15) is 23.9 Å². The number of hydrogen-bond donors (Lipinski definition) is 2. The van der Waals surface area contributed by atoms with Gasteiger partial charge in [0.05, 0.1) is 17.5 Å². The van der Waals surface area contributed by atoms with Crippen LogP contribution in [0.2, 0.25) is 0 Å². The Kier molecular flexibility index (Phi) is 4.28. The molecular weight excluding hydrogens is 292 g/mol. The monoisotopic (exact) mass is 310 g/mol. The summed E-state index contributed by atoms with van der Waals surface area (Å²) in [5.41, 5.74) is 3.60. The van der Waals surface area contributed by atoms with Crippen LogP contribution in [0, 0.1) is 0 Å². The normalized spacial score (nSPS) is 10.8. The van der Waals surface area contributed by atoms with Crippen LogP contribution in [0.25, 0.3) is 11.0 Å². The van der Waals surface area contributed by atoms with Crippen molar-refractivity contribution in [2.45, 2.75) is 26.4 Å². The third-order valence-corrected chi connectivity index (χ3v) is 3.63. The third-order valence-electron chi connectivity index (χ3n) is 3.63. The van der Waals surface area contributed by atoms with E-state index in [0.29, 0.717) is 6.61 Å². The first kappa shape index (κ1) is 15.1. The number of fused-ring (bicyclic) bond motifs is 1. The SMILES string of the molecule is CCc1cccc(OCc2nc3ccc(CC(=O)O)cc3[nH]2)c1. The molecule has 0 radical (unpaired) electrons. The van der Waals surface area contributed by atoms with Crippen molar-refractivity contribution in [3.63, 3.8) is 0 Å². The Bertz CT molecular complexity index is 839.